The number of halogens is 3. The van der Waals surface area contributed by atoms with E-state index in [0.717, 1.165) is 18.3 Å². The van der Waals surface area contributed by atoms with E-state index in [0.29, 0.717) is 0 Å². The lowest BCUT2D eigenvalue weighted by molar-refractivity contribution is -0.141. The number of nitrogens with zero attached hydrogens (tertiary/aromatic N) is 1. The number of hydrogen-bond acceptors (Lipinski definition) is 3. The van der Waals surface area contributed by atoms with Crippen molar-refractivity contribution < 1.29 is 23.4 Å². The minimum atomic E-state index is -4.48. The van der Waals surface area contributed by atoms with Gasteiger partial charge < -0.3 is 10.2 Å². The first-order chi connectivity index (χ1) is 7.45. The lowest BCUT2D eigenvalue weighted by Crippen LogP contribution is -2.09. The van der Waals surface area contributed by atoms with Crippen molar-refractivity contribution in [1.82, 2.24) is 4.98 Å². The van der Waals surface area contributed by atoms with Gasteiger partial charge in [0.15, 0.2) is 0 Å². The molecule has 1 heterocycles. The molecule has 0 aromatic carbocycles. The van der Waals surface area contributed by atoms with Gasteiger partial charge in [0.05, 0.1) is 6.61 Å². The fraction of sp³-hybridized carbons (Fsp3) is 0.500. The largest absolute Gasteiger partial charge is 0.433 e. The third kappa shape index (κ3) is 4.16. The Balaban J connectivity index is 0.00000106. The number of hydrogen-bond donors (Lipinski definition) is 2. The topological polar surface area (TPSA) is 53.4 Å². The second kappa shape index (κ2) is 6.44. The summed E-state index contributed by atoms with van der Waals surface area (Å²) in [5, 5.41) is 17.6. The summed E-state index contributed by atoms with van der Waals surface area (Å²) in [6.45, 7) is 3.45. The highest BCUT2D eigenvalue weighted by Gasteiger charge is 2.32. The third-order valence-corrected chi connectivity index (χ3v) is 1.63. The highest BCUT2D eigenvalue weighted by Crippen LogP contribution is 2.27. The molecule has 92 valence electrons. The van der Waals surface area contributed by atoms with Crippen molar-refractivity contribution in [3.8, 4) is 0 Å². The predicted octanol–water partition coefficient (Wildman–Crippen LogP) is 2.15. The van der Waals surface area contributed by atoms with Gasteiger partial charge in [-0.15, -0.1) is 0 Å². The van der Waals surface area contributed by atoms with Crippen LogP contribution in [0.3, 0.4) is 0 Å². The lowest BCUT2D eigenvalue weighted by Gasteiger charge is -2.09. The summed E-state index contributed by atoms with van der Waals surface area (Å²) in [5.74, 6) is 0. The summed E-state index contributed by atoms with van der Waals surface area (Å²) in [4.78, 5) is 3.12. The third-order valence-electron chi connectivity index (χ3n) is 1.63. The van der Waals surface area contributed by atoms with Crippen LogP contribution in [0.25, 0.3) is 0 Å². The van der Waals surface area contributed by atoms with Gasteiger partial charge in [-0.3, -0.25) is 4.98 Å². The molecule has 0 saturated carbocycles. The Morgan fingerprint density at radius 1 is 1.31 bits per heavy atom. The number of aliphatic hydroxyl groups excluding tert-OH is 2. The van der Waals surface area contributed by atoms with Crippen LogP contribution in [0.4, 0.5) is 13.2 Å². The van der Waals surface area contributed by atoms with Gasteiger partial charge in [-0.25, -0.2) is 0 Å². The molecule has 6 heteroatoms. The number of alkyl halides is 3. The second-order valence-corrected chi connectivity index (χ2v) is 2.67. The molecule has 3 nitrogen and oxygen atoms in total. The molecule has 0 saturated heterocycles. The summed E-state index contributed by atoms with van der Waals surface area (Å²) in [5.41, 5.74) is -0.869. The molecule has 0 aliphatic rings. The normalized spacial score (nSPS) is 12.7. The van der Waals surface area contributed by atoms with Crippen molar-refractivity contribution in [3.63, 3.8) is 0 Å². The Labute approximate surface area is 91.6 Å². The van der Waals surface area contributed by atoms with E-state index < -0.39 is 24.6 Å². The number of pyridine rings is 1. The molecule has 0 spiro atoms. The van der Waals surface area contributed by atoms with Gasteiger partial charge in [0, 0.05) is 11.8 Å². The van der Waals surface area contributed by atoms with Crippen LogP contribution in [0.15, 0.2) is 18.3 Å². The molecule has 1 atom stereocenters. The molecule has 1 unspecified atom stereocenters. The van der Waals surface area contributed by atoms with Gasteiger partial charge >= 0.3 is 6.18 Å². The molecule has 0 fully saturated rings. The van der Waals surface area contributed by atoms with E-state index in [9.17, 15) is 13.2 Å². The number of aromatic nitrogens is 1. The molecule has 16 heavy (non-hydrogen) atoms. The molecule has 1 rings (SSSR count). The van der Waals surface area contributed by atoms with E-state index in [1.807, 2.05) is 13.8 Å². The molecule has 0 bridgehead atoms. The van der Waals surface area contributed by atoms with Crippen molar-refractivity contribution >= 4 is 0 Å². The number of aliphatic hydroxyl groups is 2. The van der Waals surface area contributed by atoms with Gasteiger partial charge in [0.1, 0.15) is 11.8 Å². The van der Waals surface area contributed by atoms with Crippen molar-refractivity contribution in [2.75, 3.05) is 6.61 Å². The Bertz CT molecular complexity index is 298. The van der Waals surface area contributed by atoms with Crippen molar-refractivity contribution in [2.45, 2.75) is 26.1 Å². The van der Waals surface area contributed by atoms with Crippen LogP contribution in [0.1, 0.15) is 31.2 Å². The Hall–Kier alpha value is -1.14. The average Bonchev–Trinajstić information content (AvgIpc) is 2.30. The van der Waals surface area contributed by atoms with Crippen LogP contribution in [0.2, 0.25) is 0 Å². The van der Waals surface area contributed by atoms with Crippen LogP contribution < -0.4 is 0 Å². The summed E-state index contributed by atoms with van der Waals surface area (Å²) in [6.07, 6.45) is -4.78. The van der Waals surface area contributed by atoms with Gasteiger partial charge in [0.2, 0.25) is 0 Å². The summed E-state index contributed by atoms with van der Waals surface area (Å²) >= 11 is 0. The smallest absolute Gasteiger partial charge is 0.393 e. The first-order valence-electron chi connectivity index (χ1n) is 4.77. The van der Waals surface area contributed by atoms with Crippen molar-refractivity contribution in [1.29, 1.82) is 0 Å². The van der Waals surface area contributed by atoms with Gasteiger partial charge in [-0.05, 0) is 6.07 Å². The quantitative estimate of drug-likeness (QED) is 0.828. The lowest BCUT2D eigenvalue weighted by atomic mass is 10.1. The average molecular weight is 237 g/mol. The SMILES string of the molecule is CC.OCC(O)c1ccc(C(F)(F)F)nc1. The summed E-state index contributed by atoms with van der Waals surface area (Å²) in [6, 6.07) is 1.84. The molecule has 0 aliphatic carbocycles. The maximum absolute atomic E-state index is 12.0. The Morgan fingerprint density at radius 2 is 1.88 bits per heavy atom. The zero-order valence-electron chi connectivity index (χ0n) is 8.99. The highest BCUT2D eigenvalue weighted by atomic mass is 19.4. The van der Waals surface area contributed by atoms with Gasteiger partial charge in [0.25, 0.3) is 0 Å². The van der Waals surface area contributed by atoms with Gasteiger partial charge in [-0.2, -0.15) is 13.2 Å². The van der Waals surface area contributed by atoms with Crippen molar-refractivity contribution in [2.24, 2.45) is 0 Å². The first kappa shape index (κ1) is 14.9. The second-order valence-electron chi connectivity index (χ2n) is 2.67. The Morgan fingerprint density at radius 3 is 2.19 bits per heavy atom. The van der Waals surface area contributed by atoms with E-state index in [2.05, 4.69) is 4.98 Å². The van der Waals surface area contributed by atoms with Crippen LogP contribution in [0, 0.1) is 0 Å². The molecule has 0 radical (unpaired) electrons. The van der Waals surface area contributed by atoms with Crippen LogP contribution in [-0.2, 0) is 6.18 Å². The zero-order chi connectivity index (χ0) is 12.8. The molecular formula is C10H14F3NO2. The van der Waals surface area contributed by atoms with Crippen molar-refractivity contribution in [3.05, 3.63) is 29.6 Å². The number of rotatable bonds is 2. The minimum absolute atomic E-state index is 0.153. The summed E-state index contributed by atoms with van der Waals surface area (Å²) < 4.78 is 36.1. The maximum atomic E-state index is 12.0. The molecule has 0 amide bonds. The minimum Gasteiger partial charge on any atom is -0.393 e. The van der Waals surface area contributed by atoms with Crippen LogP contribution in [0.5, 0.6) is 0 Å². The molecule has 1 aromatic heterocycles. The van der Waals surface area contributed by atoms with E-state index in [1.54, 1.807) is 0 Å². The van der Waals surface area contributed by atoms with E-state index >= 15 is 0 Å². The molecule has 0 aliphatic heterocycles. The van der Waals surface area contributed by atoms with E-state index in [-0.39, 0.29) is 5.56 Å². The monoisotopic (exact) mass is 237 g/mol. The zero-order valence-corrected chi connectivity index (χ0v) is 8.99. The first-order valence-corrected chi connectivity index (χ1v) is 4.77. The molecule has 2 N–H and O–H groups in total. The maximum Gasteiger partial charge on any atom is 0.433 e. The fourth-order valence-corrected chi connectivity index (χ4v) is 0.876. The highest BCUT2D eigenvalue weighted by molar-refractivity contribution is 5.17. The Kier molecular flexibility index (Phi) is 5.98. The van der Waals surface area contributed by atoms with E-state index in [1.165, 1.54) is 0 Å². The fourth-order valence-electron chi connectivity index (χ4n) is 0.876. The van der Waals surface area contributed by atoms with Crippen LogP contribution in [-0.4, -0.2) is 21.8 Å². The van der Waals surface area contributed by atoms with Crippen LogP contribution >= 0.6 is 0 Å². The standard InChI is InChI=1S/C8H8F3NO2.C2H6/c9-8(10,11)7-2-1-5(3-12-7)6(14)4-13;1-2/h1-3,6,13-14H,4H2;1-2H3. The van der Waals surface area contributed by atoms with E-state index in [4.69, 9.17) is 10.2 Å². The predicted molar refractivity (Wildman–Crippen MR) is 52.6 cm³/mol. The molecule has 1 aromatic rings. The summed E-state index contributed by atoms with van der Waals surface area (Å²) in [7, 11) is 0. The molecular weight excluding hydrogens is 223 g/mol. The van der Waals surface area contributed by atoms with Gasteiger partial charge in [-0.1, -0.05) is 19.9 Å².